The van der Waals surface area contributed by atoms with E-state index in [0.29, 0.717) is 0 Å². The molecule has 0 amide bonds. The van der Waals surface area contributed by atoms with Crippen LogP contribution in [-0.4, -0.2) is 26.2 Å². The van der Waals surface area contributed by atoms with Gasteiger partial charge in [-0.25, -0.2) is 0 Å². The van der Waals surface area contributed by atoms with E-state index in [1.807, 2.05) is 13.0 Å². The molecule has 0 aromatic heterocycles. The molecule has 0 aliphatic heterocycles. The van der Waals surface area contributed by atoms with Crippen LogP contribution in [0.25, 0.3) is 0 Å². The van der Waals surface area contributed by atoms with Gasteiger partial charge in [-0.05, 0) is 13.5 Å². The summed E-state index contributed by atoms with van der Waals surface area (Å²) in [6.45, 7) is 15.0. The van der Waals surface area contributed by atoms with Crippen LogP contribution in [-0.2, 0) is 0 Å². The van der Waals surface area contributed by atoms with Gasteiger partial charge in [-0.1, -0.05) is 19.1 Å². The maximum atomic E-state index is 3.60. The smallest absolute Gasteiger partial charge is 0.0132 e. The average Bonchev–Trinajstić information content (AvgIpc) is 2.06. The Morgan fingerprint density at radius 2 is 1.67 bits per heavy atom. The average molecular weight is 170 g/mol. The Hall–Kier alpha value is -0.600. The fourth-order valence-electron chi connectivity index (χ4n) is 0.558. The Balaban J connectivity index is 0. The van der Waals surface area contributed by atoms with Crippen molar-refractivity contribution in [3.8, 4) is 0 Å². The Labute approximate surface area is 76.8 Å². The summed E-state index contributed by atoms with van der Waals surface area (Å²) in [7, 11) is 0. The molecule has 0 heterocycles. The second kappa shape index (κ2) is 16.8. The van der Waals surface area contributed by atoms with Crippen molar-refractivity contribution in [2.45, 2.75) is 13.8 Å². The van der Waals surface area contributed by atoms with E-state index >= 15 is 0 Å². The van der Waals surface area contributed by atoms with Crippen LogP contribution in [0.15, 0.2) is 25.3 Å². The Morgan fingerprint density at radius 3 is 2.08 bits per heavy atom. The lowest BCUT2D eigenvalue weighted by Gasteiger charge is -2.00. The molecule has 2 heteroatoms. The molecule has 0 saturated carbocycles. The molecule has 0 aromatic carbocycles. The molecule has 0 radical (unpaired) electrons. The first-order valence-corrected chi connectivity index (χ1v) is 4.42. The molecule has 12 heavy (non-hydrogen) atoms. The summed E-state index contributed by atoms with van der Waals surface area (Å²) in [6.07, 6.45) is 3.62. The van der Waals surface area contributed by atoms with Crippen LogP contribution in [0, 0.1) is 0 Å². The fraction of sp³-hybridized carbons (Fsp3) is 0.600. The van der Waals surface area contributed by atoms with Crippen molar-refractivity contribution in [1.29, 1.82) is 0 Å². The Kier molecular flexibility index (Phi) is 19.5. The highest BCUT2D eigenvalue weighted by Crippen LogP contribution is 1.60. The topological polar surface area (TPSA) is 24.1 Å². The molecule has 72 valence electrons. The second-order valence-electron chi connectivity index (χ2n) is 2.25. The standard InChI is InChI=1S/C7H16N2.C3H6/c1-3-5-9-7-6-8-4-2;1-3-2/h3,8-9H,1,4-7H2,2H3;3H,1H2,2H3. The van der Waals surface area contributed by atoms with Crippen LogP contribution in [0.1, 0.15) is 13.8 Å². The van der Waals surface area contributed by atoms with Crippen molar-refractivity contribution in [2.24, 2.45) is 0 Å². The SMILES string of the molecule is C=CC.C=CCNCCNCC. The first kappa shape index (κ1) is 14.0. The minimum absolute atomic E-state index is 0.908. The van der Waals surface area contributed by atoms with E-state index in [2.05, 4.69) is 30.7 Å². The number of rotatable bonds is 6. The van der Waals surface area contributed by atoms with Gasteiger partial charge >= 0.3 is 0 Å². The van der Waals surface area contributed by atoms with Crippen LogP contribution < -0.4 is 10.6 Å². The number of likely N-dealkylation sites (N-methyl/N-ethyl adjacent to an activating group) is 1. The van der Waals surface area contributed by atoms with Crippen LogP contribution >= 0.6 is 0 Å². The van der Waals surface area contributed by atoms with Crippen molar-refractivity contribution >= 4 is 0 Å². The van der Waals surface area contributed by atoms with Crippen molar-refractivity contribution < 1.29 is 0 Å². The van der Waals surface area contributed by atoms with Crippen LogP contribution in [0.4, 0.5) is 0 Å². The summed E-state index contributed by atoms with van der Waals surface area (Å²) < 4.78 is 0. The van der Waals surface area contributed by atoms with Gasteiger partial charge in [0, 0.05) is 19.6 Å². The molecule has 0 saturated heterocycles. The molecule has 0 aliphatic rings. The summed E-state index contributed by atoms with van der Waals surface area (Å²) in [5.41, 5.74) is 0. The molecule has 0 aromatic rings. The molecule has 2 N–H and O–H groups in total. The zero-order valence-electron chi connectivity index (χ0n) is 8.40. The largest absolute Gasteiger partial charge is 0.316 e. The van der Waals surface area contributed by atoms with E-state index in [1.165, 1.54) is 0 Å². The monoisotopic (exact) mass is 170 g/mol. The number of nitrogens with one attached hydrogen (secondary N) is 2. The number of hydrogen-bond donors (Lipinski definition) is 2. The van der Waals surface area contributed by atoms with Gasteiger partial charge in [0.05, 0.1) is 0 Å². The van der Waals surface area contributed by atoms with E-state index in [4.69, 9.17) is 0 Å². The lowest BCUT2D eigenvalue weighted by atomic mass is 10.5. The van der Waals surface area contributed by atoms with Gasteiger partial charge in [0.1, 0.15) is 0 Å². The van der Waals surface area contributed by atoms with Crippen molar-refractivity contribution in [3.63, 3.8) is 0 Å². The van der Waals surface area contributed by atoms with Gasteiger partial charge in [0.25, 0.3) is 0 Å². The maximum Gasteiger partial charge on any atom is 0.0132 e. The maximum absolute atomic E-state index is 3.60. The highest BCUT2D eigenvalue weighted by Gasteiger charge is 1.80. The van der Waals surface area contributed by atoms with Crippen molar-refractivity contribution in [3.05, 3.63) is 25.3 Å². The van der Waals surface area contributed by atoms with E-state index in [9.17, 15) is 0 Å². The molecule has 0 bridgehead atoms. The lowest BCUT2D eigenvalue weighted by molar-refractivity contribution is 0.654. The van der Waals surface area contributed by atoms with E-state index < -0.39 is 0 Å². The summed E-state index contributed by atoms with van der Waals surface area (Å²) in [4.78, 5) is 0. The van der Waals surface area contributed by atoms with Gasteiger partial charge < -0.3 is 10.6 Å². The first-order valence-electron chi connectivity index (χ1n) is 4.42. The van der Waals surface area contributed by atoms with Gasteiger partial charge in [-0.3, -0.25) is 0 Å². The van der Waals surface area contributed by atoms with Crippen molar-refractivity contribution in [2.75, 3.05) is 26.2 Å². The van der Waals surface area contributed by atoms with Crippen LogP contribution in [0.5, 0.6) is 0 Å². The van der Waals surface area contributed by atoms with Gasteiger partial charge in [0.15, 0.2) is 0 Å². The minimum atomic E-state index is 0.908. The molecule has 2 nitrogen and oxygen atoms in total. The lowest BCUT2D eigenvalue weighted by Crippen LogP contribution is -2.26. The van der Waals surface area contributed by atoms with E-state index in [0.717, 1.165) is 26.2 Å². The van der Waals surface area contributed by atoms with Crippen molar-refractivity contribution in [1.82, 2.24) is 10.6 Å². The summed E-state index contributed by atoms with van der Waals surface area (Å²) in [5.74, 6) is 0. The van der Waals surface area contributed by atoms with Gasteiger partial charge in [-0.15, -0.1) is 13.2 Å². The van der Waals surface area contributed by atoms with Gasteiger partial charge in [0.2, 0.25) is 0 Å². The summed E-state index contributed by atoms with van der Waals surface area (Å²) in [5, 5.41) is 6.40. The molecule has 0 fully saturated rings. The fourth-order valence-corrected chi connectivity index (χ4v) is 0.558. The zero-order valence-corrected chi connectivity index (χ0v) is 8.40. The minimum Gasteiger partial charge on any atom is -0.316 e. The third-order valence-corrected chi connectivity index (χ3v) is 1.02. The molecule has 0 unspecified atom stereocenters. The molecule has 0 atom stereocenters. The molecular formula is C10H22N2. The molecule has 0 rings (SSSR count). The van der Waals surface area contributed by atoms with Gasteiger partial charge in [-0.2, -0.15) is 0 Å². The Morgan fingerprint density at radius 1 is 1.17 bits per heavy atom. The molecular weight excluding hydrogens is 148 g/mol. The molecule has 0 aliphatic carbocycles. The summed E-state index contributed by atoms with van der Waals surface area (Å²) in [6, 6.07) is 0. The highest BCUT2D eigenvalue weighted by molar-refractivity contribution is 4.69. The third kappa shape index (κ3) is 22.7. The van der Waals surface area contributed by atoms with E-state index in [1.54, 1.807) is 6.08 Å². The predicted molar refractivity (Wildman–Crippen MR) is 57.5 cm³/mol. The third-order valence-electron chi connectivity index (χ3n) is 1.02. The zero-order chi connectivity index (χ0) is 9.66. The quantitative estimate of drug-likeness (QED) is 0.467. The van der Waals surface area contributed by atoms with Crippen LogP contribution in [0.3, 0.4) is 0 Å². The van der Waals surface area contributed by atoms with Crippen LogP contribution in [0.2, 0.25) is 0 Å². The normalized spacial score (nSPS) is 8.17. The molecule has 0 spiro atoms. The summed E-state index contributed by atoms with van der Waals surface area (Å²) >= 11 is 0. The van der Waals surface area contributed by atoms with E-state index in [-0.39, 0.29) is 0 Å². The number of allylic oxidation sites excluding steroid dienone is 1. The predicted octanol–water partition coefficient (Wildman–Crippen LogP) is 1.56. The Bertz CT molecular complexity index is 89.8. The first-order chi connectivity index (χ1) is 5.83. The second-order valence-corrected chi connectivity index (χ2v) is 2.25. The number of hydrogen-bond acceptors (Lipinski definition) is 2. The highest BCUT2D eigenvalue weighted by atomic mass is 14.9.